The van der Waals surface area contributed by atoms with Gasteiger partial charge >= 0.3 is 0 Å². The number of nitrogens with zero attached hydrogens (tertiary/aromatic N) is 2. The van der Waals surface area contributed by atoms with Gasteiger partial charge in [-0.1, -0.05) is 0 Å². The number of thioether (sulfide) groups is 1. The number of rotatable bonds is 5. The summed E-state index contributed by atoms with van der Waals surface area (Å²) in [5.74, 6) is 0.914. The molecule has 2 rings (SSSR count). The summed E-state index contributed by atoms with van der Waals surface area (Å²) in [5.41, 5.74) is 0. The summed E-state index contributed by atoms with van der Waals surface area (Å²) in [6.07, 6.45) is 3.74. The molecule has 0 amide bonds. The lowest BCUT2D eigenvalue weighted by Gasteiger charge is -1.98. The van der Waals surface area contributed by atoms with Crippen LogP contribution in [-0.4, -0.2) is 16.5 Å². The predicted molar refractivity (Wildman–Crippen MR) is 77.8 cm³/mol. The molecule has 0 radical (unpaired) electrons. The molecular weight excluding hydrogens is 318 g/mol. The maximum Gasteiger partial charge on any atom is 0.182 e. The molecule has 0 atom stereocenters. The van der Waals surface area contributed by atoms with E-state index in [1.54, 1.807) is 23.1 Å². The van der Waals surface area contributed by atoms with Gasteiger partial charge in [0.15, 0.2) is 5.13 Å². The van der Waals surface area contributed by atoms with Crippen molar-refractivity contribution in [3.05, 3.63) is 33.9 Å². The SMILES string of the molecule is CCNc1ncc(CSc2ccc(Br)cn2)s1. The zero-order valence-corrected chi connectivity index (χ0v) is 12.5. The molecule has 3 nitrogen and oxygen atoms in total. The third kappa shape index (κ3) is 3.97. The van der Waals surface area contributed by atoms with E-state index >= 15 is 0 Å². The van der Waals surface area contributed by atoms with Gasteiger partial charge in [0.1, 0.15) is 0 Å². The van der Waals surface area contributed by atoms with E-state index in [1.807, 2.05) is 24.5 Å². The number of anilines is 1. The summed E-state index contributed by atoms with van der Waals surface area (Å²) in [4.78, 5) is 9.88. The van der Waals surface area contributed by atoms with Crippen molar-refractivity contribution < 1.29 is 0 Å². The molecular formula is C11H12BrN3S2. The molecule has 2 aromatic rings. The van der Waals surface area contributed by atoms with Crippen molar-refractivity contribution in [3.8, 4) is 0 Å². The van der Waals surface area contributed by atoms with Crippen molar-refractivity contribution in [2.24, 2.45) is 0 Å². The Morgan fingerprint density at radius 2 is 2.24 bits per heavy atom. The molecule has 6 heteroatoms. The van der Waals surface area contributed by atoms with Crippen molar-refractivity contribution in [2.75, 3.05) is 11.9 Å². The lowest BCUT2D eigenvalue weighted by atomic mass is 10.5. The average molecular weight is 330 g/mol. The molecule has 17 heavy (non-hydrogen) atoms. The zero-order valence-electron chi connectivity index (χ0n) is 9.31. The number of hydrogen-bond donors (Lipinski definition) is 1. The van der Waals surface area contributed by atoms with Crippen LogP contribution in [0.1, 0.15) is 11.8 Å². The molecule has 2 aromatic heterocycles. The minimum Gasteiger partial charge on any atom is -0.362 e. The fourth-order valence-corrected chi connectivity index (χ4v) is 3.18. The number of halogens is 1. The first-order valence-corrected chi connectivity index (χ1v) is 7.80. The highest BCUT2D eigenvalue weighted by Crippen LogP contribution is 2.26. The molecule has 0 unspecified atom stereocenters. The van der Waals surface area contributed by atoms with Crippen LogP contribution in [0.25, 0.3) is 0 Å². The second-order valence-corrected chi connectivity index (χ2v) is 6.29. The fourth-order valence-electron chi connectivity index (χ4n) is 1.20. The Labute approximate surface area is 117 Å². The number of thiazole rings is 1. The van der Waals surface area contributed by atoms with Gasteiger partial charge in [-0.3, -0.25) is 0 Å². The Hall–Kier alpha value is -0.590. The summed E-state index contributed by atoms with van der Waals surface area (Å²) in [6, 6.07) is 4.02. The van der Waals surface area contributed by atoms with Crippen LogP contribution in [-0.2, 0) is 5.75 Å². The number of nitrogens with one attached hydrogen (secondary N) is 1. The van der Waals surface area contributed by atoms with Crippen LogP contribution in [0.3, 0.4) is 0 Å². The maximum atomic E-state index is 4.32. The van der Waals surface area contributed by atoms with E-state index in [0.29, 0.717) is 0 Å². The third-order valence-electron chi connectivity index (χ3n) is 1.94. The summed E-state index contributed by atoms with van der Waals surface area (Å²) in [6.45, 7) is 2.98. The van der Waals surface area contributed by atoms with Crippen molar-refractivity contribution in [1.29, 1.82) is 0 Å². The Morgan fingerprint density at radius 1 is 1.35 bits per heavy atom. The first-order valence-electron chi connectivity index (χ1n) is 5.21. The van der Waals surface area contributed by atoms with Gasteiger partial charge in [0.2, 0.25) is 0 Å². The summed E-state index contributed by atoms with van der Waals surface area (Å²) >= 11 is 6.80. The zero-order chi connectivity index (χ0) is 12.1. The topological polar surface area (TPSA) is 37.8 Å². The molecule has 0 aliphatic heterocycles. The van der Waals surface area contributed by atoms with Crippen LogP contribution < -0.4 is 5.32 Å². The van der Waals surface area contributed by atoms with E-state index in [-0.39, 0.29) is 0 Å². The predicted octanol–water partition coefficient (Wildman–Crippen LogP) is 4.02. The van der Waals surface area contributed by atoms with Gasteiger partial charge in [0.05, 0.1) is 5.03 Å². The lowest BCUT2D eigenvalue weighted by Crippen LogP contribution is -1.94. The summed E-state index contributed by atoms with van der Waals surface area (Å²) < 4.78 is 1.01. The van der Waals surface area contributed by atoms with Crippen LogP contribution in [0.4, 0.5) is 5.13 Å². The summed E-state index contributed by atoms with van der Waals surface area (Å²) in [5, 5.41) is 5.24. The largest absolute Gasteiger partial charge is 0.362 e. The van der Waals surface area contributed by atoms with Crippen molar-refractivity contribution >= 4 is 44.2 Å². The first kappa shape index (κ1) is 12.9. The van der Waals surface area contributed by atoms with Crippen LogP contribution in [0, 0.1) is 0 Å². The Bertz CT molecular complexity index is 470. The Kier molecular flexibility index (Phi) is 4.82. The van der Waals surface area contributed by atoms with Crippen molar-refractivity contribution in [2.45, 2.75) is 17.7 Å². The normalized spacial score (nSPS) is 10.5. The Balaban J connectivity index is 1.90. The molecule has 0 spiro atoms. The van der Waals surface area contributed by atoms with E-state index in [0.717, 1.165) is 26.9 Å². The maximum absolute atomic E-state index is 4.32. The number of aromatic nitrogens is 2. The standard InChI is InChI=1S/C11H12BrN3S2/c1-2-13-11-15-6-9(17-11)7-16-10-4-3-8(12)5-14-10/h3-6H,2,7H2,1H3,(H,13,15). The third-order valence-corrected chi connectivity index (χ3v) is 4.54. The molecule has 90 valence electrons. The minimum atomic E-state index is 0.911. The molecule has 1 N–H and O–H groups in total. The molecule has 0 aromatic carbocycles. The van der Waals surface area contributed by atoms with Gasteiger partial charge < -0.3 is 5.32 Å². The van der Waals surface area contributed by atoms with Crippen molar-refractivity contribution in [3.63, 3.8) is 0 Å². The average Bonchev–Trinajstić information content (AvgIpc) is 2.77. The Morgan fingerprint density at radius 3 is 2.94 bits per heavy atom. The second kappa shape index (κ2) is 6.37. The monoisotopic (exact) mass is 329 g/mol. The smallest absolute Gasteiger partial charge is 0.182 e. The van der Waals surface area contributed by atoms with Crippen LogP contribution in [0.2, 0.25) is 0 Å². The van der Waals surface area contributed by atoms with Gasteiger partial charge in [-0.15, -0.1) is 23.1 Å². The molecule has 2 heterocycles. The van der Waals surface area contributed by atoms with Crippen LogP contribution in [0.15, 0.2) is 34.0 Å². The number of hydrogen-bond acceptors (Lipinski definition) is 5. The first-order chi connectivity index (χ1) is 8.28. The molecule has 0 bridgehead atoms. The quantitative estimate of drug-likeness (QED) is 0.840. The van der Waals surface area contributed by atoms with E-state index in [9.17, 15) is 0 Å². The van der Waals surface area contributed by atoms with Gasteiger partial charge in [0.25, 0.3) is 0 Å². The molecule has 0 saturated heterocycles. The second-order valence-electron chi connectivity index (χ2n) is 3.27. The fraction of sp³-hybridized carbons (Fsp3) is 0.273. The molecule has 0 fully saturated rings. The molecule has 0 aliphatic rings. The van der Waals surface area contributed by atoms with Crippen LogP contribution in [0.5, 0.6) is 0 Å². The van der Waals surface area contributed by atoms with E-state index < -0.39 is 0 Å². The lowest BCUT2D eigenvalue weighted by molar-refractivity contribution is 1.12. The van der Waals surface area contributed by atoms with E-state index in [2.05, 4.69) is 38.1 Å². The highest BCUT2D eigenvalue weighted by Gasteiger charge is 2.02. The van der Waals surface area contributed by atoms with Crippen LogP contribution >= 0.6 is 39.0 Å². The minimum absolute atomic E-state index is 0.911. The van der Waals surface area contributed by atoms with Gasteiger partial charge in [-0.25, -0.2) is 9.97 Å². The summed E-state index contributed by atoms with van der Waals surface area (Å²) in [7, 11) is 0. The van der Waals surface area contributed by atoms with Gasteiger partial charge in [-0.05, 0) is 35.0 Å². The number of pyridine rings is 1. The highest BCUT2D eigenvalue weighted by atomic mass is 79.9. The van der Waals surface area contributed by atoms with Crippen molar-refractivity contribution in [1.82, 2.24) is 9.97 Å². The molecule has 0 aliphatic carbocycles. The van der Waals surface area contributed by atoms with Gasteiger partial charge in [-0.2, -0.15) is 0 Å². The van der Waals surface area contributed by atoms with Gasteiger partial charge in [0, 0.05) is 34.0 Å². The highest BCUT2D eigenvalue weighted by molar-refractivity contribution is 9.10. The van der Waals surface area contributed by atoms with E-state index in [4.69, 9.17) is 0 Å². The molecule has 0 saturated carbocycles. The van der Waals surface area contributed by atoms with E-state index in [1.165, 1.54) is 4.88 Å².